The Bertz CT molecular complexity index is 756. The van der Waals surface area contributed by atoms with Crippen LogP contribution in [0.2, 0.25) is 0 Å². The predicted molar refractivity (Wildman–Crippen MR) is 76.2 cm³/mol. The average molecular weight is 308 g/mol. The van der Waals surface area contributed by atoms with Crippen LogP contribution in [0, 0.1) is 0 Å². The second kappa shape index (κ2) is 5.49. The van der Waals surface area contributed by atoms with Crippen LogP contribution in [0.3, 0.4) is 0 Å². The minimum Gasteiger partial charge on any atom is -0.434 e. The van der Waals surface area contributed by atoms with Crippen molar-refractivity contribution in [2.45, 2.75) is 6.61 Å². The Labute approximate surface area is 122 Å². The number of nitrogens with zero attached hydrogens (tertiary/aromatic N) is 2. The molecule has 5 nitrogen and oxygen atoms in total. The van der Waals surface area contributed by atoms with Gasteiger partial charge in [0.25, 0.3) is 0 Å². The van der Waals surface area contributed by atoms with Gasteiger partial charge in [0, 0.05) is 10.9 Å². The van der Waals surface area contributed by atoms with E-state index in [1.165, 1.54) is 17.4 Å². The standard InChI is InChI=1S/C13H10F2N4OS/c14-13(15)20-10-4-2-1-3-7(10)9-6-21-12(18-9)8-5-17-19-11(8)16/h1-6,13H,(H3,16,17,19). The zero-order valence-corrected chi connectivity index (χ0v) is 11.4. The van der Waals surface area contributed by atoms with Crippen LogP contribution in [-0.4, -0.2) is 21.8 Å². The summed E-state index contributed by atoms with van der Waals surface area (Å²) in [4.78, 5) is 4.41. The van der Waals surface area contributed by atoms with Gasteiger partial charge in [0.15, 0.2) is 0 Å². The molecule has 3 aromatic rings. The van der Waals surface area contributed by atoms with E-state index in [2.05, 4.69) is 19.9 Å². The molecule has 3 N–H and O–H groups in total. The molecular formula is C13H10F2N4OS. The van der Waals surface area contributed by atoms with Crippen LogP contribution < -0.4 is 10.5 Å². The van der Waals surface area contributed by atoms with Crippen LogP contribution in [0.25, 0.3) is 21.8 Å². The van der Waals surface area contributed by atoms with E-state index < -0.39 is 6.61 Å². The summed E-state index contributed by atoms with van der Waals surface area (Å²) in [6, 6.07) is 6.52. The highest BCUT2D eigenvalue weighted by Crippen LogP contribution is 2.35. The Morgan fingerprint density at radius 1 is 1.24 bits per heavy atom. The molecule has 108 valence electrons. The van der Waals surface area contributed by atoms with Gasteiger partial charge in [-0.3, -0.25) is 5.10 Å². The number of halogens is 2. The van der Waals surface area contributed by atoms with Gasteiger partial charge in [-0.25, -0.2) is 4.98 Å². The second-order valence-electron chi connectivity index (χ2n) is 4.11. The molecular weight excluding hydrogens is 298 g/mol. The molecule has 0 bridgehead atoms. The van der Waals surface area contributed by atoms with Crippen LogP contribution in [0.4, 0.5) is 14.6 Å². The van der Waals surface area contributed by atoms with Gasteiger partial charge in [0.05, 0.1) is 17.5 Å². The number of aromatic amines is 1. The second-order valence-corrected chi connectivity index (χ2v) is 4.97. The highest BCUT2D eigenvalue weighted by atomic mass is 32.1. The molecule has 2 heterocycles. The number of nitrogen functional groups attached to an aromatic ring is 1. The van der Waals surface area contributed by atoms with E-state index in [0.29, 0.717) is 27.6 Å². The average Bonchev–Trinajstić information content (AvgIpc) is 3.07. The number of aromatic nitrogens is 3. The number of benzene rings is 1. The molecule has 0 aliphatic carbocycles. The maximum atomic E-state index is 12.4. The molecule has 0 fully saturated rings. The molecule has 0 radical (unpaired) electrons. The molecule has 0 aliphatic rings. The molecule has 0 unspecified atom stereocenters. The molecule has 8 heteroatoms. The van der Waals surface area contributed by atoms with E-state index >= 15 is 0 Å². The number of para-hydroxylation sites is 1. The van der Waals surface area contributed by atoms with E-state index in [0.717, 1.165) is 0 Å². The smallest absolute Gasteiger partial charge is 0.387 e. The maximum absolute atomic E-state index is 12.4. The molecule has 0 amide bonds. The Kier molecular flexibility index (Phi) is 3.53. The third kappa shape index (κ3) is 2.70. The van der Waals surface area contributed by atoms with Gasteiger partial charge >= 0.3 is 6.61 Å². The van der Waals surface area contributed by atoms with Crippen molar-refractivity contribution in [3.05, 3.63) is 35.8 Å². The molecule has 3 rings (SSSR count). The third-order valence-electron chi connectivity index (χ3n) is 2.78. The number of hydrogen-bond acceptors (Lipinski definition) is 5. The summed E-state index contributed by atoms with van der Waals surface area (Å²) in [6.45, 7) is -2.88. The number of alkyl halides is 2. The monoisotopic (exact) mass is 308 g/mol. The van der Waals surface area contributed by atoms with Crippen molar-refractivity contribution >= 4 is 17.2 Å². The highest BCUT2D eigenvalue weighted by molar-refractivity contribution is 7.13. The van der Waals surface area contributed by atoms with E-state index in [1.807, 2.05) is 0 Å². The number of anilines is 1. The normalized spacial score (nSPS) is 11.0. The van der Waals surface area contributed by atoms with E-state index in [-0.39, 0.29) is 5.75 Å². The molecule has 0 saturated carbocycles. The van der Waals surface area contributed by atoms with Crippen LogP contribution in [0.5, 0.6) is 5.75 Å². The first-order chi connectivity index (χ1) is 10.1. The van der Waals surface area contributed by atoms with Crippen molar-refractivity contribution in [2.24, 2.45) is 0 Å². The van der Waals surface area contributed by atoms with Crippen molar-refractivity contribution in [3.8, 4) is 27.6 Å². The van der Waals surface area contributed by atoms with E-state index in [1.54, 1.807) is 29.8 Å². The Hall–Kier alpha value is -2.48. The fourth-order valence-corrected chi connectivity index (χ4v) is 2.71. The van der Waals surface area contributed by atoms with Crippen LogP contribution in [0.1, 0.15) is 0 Å². The topological polar surface area (TPSA) is 76.8 Å². The SMILES string of the molecule is Nc1[nH]ncc1-c1nc(-c2ccccc2OC(F)F)cs1. The number of rotatable bonds is 4. The number of hydrogen-bond donors (Lipinski definition) is 2. The lowest BCUT2D eigenvalue weighted by atomic mass is 10.1. The summed E-state index contributed by atoms with van der Waals surface area (Å²) in [7, 11) is 0. The molecule has 0 atom stereocenters. The molecule has 0 spiro atoms. The molecule has 0 aliphatic heterocycles. The van der Waals surface area contributed by atoms with Crippen LogP contribution in [-0.2, 0) is 0 Å². The van der Waals surface area contributed by atoms with Gasteiger partial charge < -0.3 is 10.5 Å². The van der Waals surface area contributed by atoms with Crippen molar-refractivity contribution in [2.75, 3.05) is 5.73 Å². The van der Waals surface area contributed by atoms with E-state index in [4.69, 9.17) is 5.73 Å². The predicted octanol–water partition coefficient (Wildman–Crippen LogP) is 3.38. The first kappa shape index (κ1) is 13.5. The Morgan fingerprint density at radius 2 is 2.05 bits per heavy atom. The number of thiazole rings is 1. The highest BCUT2D eigenvalue weighted by Gasteiger charge is 2.15. The number of nitrogens with two attached hydrogens (primary N) is 1. The fourth-order valence-electron chi connectivity index (χ4n) is 1.86. The first-order valence-corrected chi connectivity index (χ1v) is 6.82. The lowest BCUT2D eigenvalue weighted by molar-refractivity contribution is -0.0494. The van der Waals surface area contributed by atoms with Gasteiger partial charge in [-0.05, 0) is 12.1 Å². The van der Waals surface area contributed by atoms with Crippen molar-refractivity contribution < 1.29 is 13.5 Å². The minimum absolute atomic E-state index is 0.0875. The first-order valence-electron chi connectivity index (χ1n) is 5.94. The fraction of sp³-hybridized carbons (Fsp3) is 0.0769. The molecule has 1 aromatic carbocycles. The number of H-pyrrole nitrogens is 1. The lowest BCUT2D eigenvalue weighted by Gasteiger charge is -2.08. The zero-order chi connectivity index (χ0) is 14.8. The van der Waals surface area contributed by atoms with Crippen molar-refractivity contribution in [3.63, 3.8) is 0 Å². The summed E-state index contributed by atoms with van der Waals surface area (Å²) in [6.07, 6.45) is 1.57. The molecule has 21 heavy (non-hydrogen) atoms. The maximum Gasteiger partial charge on any atom is 0.387 e. The summed E-state index contributed by atoms with van der Waals surface area (Å²) < 4.78 is 29.4. The summed E-state index contributed by atoms with van der Waals surface area (Å²) in [5.74, 6) is 0.498. The van der Waals surface area contributed by atoms with E-state index in [9.17, 15) is 8.78 Å². The van der Waals surface area contributed by atoms with Gasteiger partial charge in [0.2, 0.25) is 0 Å². The quantitative estimate of drug-likeness (QED) is 0.774. The summed E-state index contributed by atoms with van der Waals surface area (Å²) >= 11 is 1.35. The van der Waals surface area contributed by atoms with Crippen LogP contribution in [0.15, 0.2) is 35.8 Å². The van der Waals surface area contributed by atoms with Gasteiger partial charge in [-0.1, -0.05) is 12.1 Å². The van der Waals surface area contributed by atoms with Crippen LogP contribution >= 0.6 is 11.3 Å². The number of nitrogens with one attached hydrogen (secondary N) is 1. The third-order valence-corrected chi connectivity index (χ3v) is 3.66. The van der Waals surface area contributed by atoms with Gasteiger partial charge in [0.1, 0.15) is 16.6 Å². The van der Waals surface area contributed by atoms with Crippen molar-refractivity contribution in [1.82, 2.24) is 15.2 Å². The Morgan fingerprint density at radius 3 is 2.76 bits per heavy atom. The lowest BCUT2D eigenvalue weighted by Crippen LogP contribution is -2.03. The zero-order valence-electron chi connectivity index (χ0n) is 10.6. The van der Waals surface area contributed by atoms with Gasteiger partial charge in [-0.15, -0.1) is 11.3 Å². The summed E-state index contributed by atoms with van der Waals surface area (Å²) in [5, 5.41) is 8.87. The molecule has 2 aromatic heterocycles. The van der Waals surface area contributed by atoms with Crippen molar-refractivity contribution in [1.29, 1.82) is 0 Å². The molecule has 0 saturated heterocycles. The summed E-state index contributed by atoms with van der Waals surface area (Å²) in [5.41, 5.74) is 7.47. The van der Waals surface area contributed by atoms with Gasteiger partial charge in [-0.2, -0.15) is 13.9 Å². The Balaban J connectivity index is 1.99. The number of ether oxygens (including phenoxy) is 1. The largest absolute Gasteiger partial charge is 0.434 e. The minimum atomic E-state index is -2.88.